The van der Waals surface area contributed by atoms with Crippen molar-refractivity contribution < 1.29 is 4.39 Å². The van der Waals surface area contributed by atoms with E-state index in [4.69, 9.17) is 5.26 Å². The van der Waals surface area contributed by atoms with Gasteiger partial charge in [-0.3, -0.25) is 0 Å². The van der Waals surface area contributed by atoms with Gasteiger partial charge in [-0.05, 0) is 12.1 Å². The number of hydrogen-bond donors (Lipinski definition) is 1. The second-order valence-electron chi connectivity index (χ2n) is 2.54. The lowest BCUT2D eigenvalue weighted by atomic mass is 10.2. The van der Waals surface area contributed by atoms with E-state index in [-0.39, 0.29) is 5.56 Å². The minimum Gasteiger partial charge on any atom is -0.194 e. The number of rotatable bonds is 0. The van der Waals surface area contributed by atoms with E-state index in [1.807, 2.05) is 6.07 Å². The van der Waals surface area contributed by atoms with Crippen LogP contribution < -0.4 is 0 Å². The summed E-state index contributed by atoms with van der Waals surface area (Å²) in [5.74, 6) is 0. The van der Waals surface area contributed by atoms with Gasteiger partial charge in [0.05, 0.1) is 0 Å². The van der Waals surface area contributed by atoms with E-state index in [1.165, 1.54) is 0 Å². The molecule has 1 nitrogen and oxygen atoms in total. The molecule has 1 aromatic carbocycles. The molecule has 0 saturated heterocycles. The third-order valence-corrected chi connectivity index (χ3v) is 2.96. The molecule has 0 spiro atoms. The standard InChI is InChI=1S/C9H4FNS2/c10-9-7(4-11)6-2-1-5(12)3-8(6)13-9/h1-3,12H. The lowest BCUT2D eigenvalue weighted by molar-refractivity contribution is 0.655. The van der Waals surface area contributed by atoms with Crippen molar-refractivity contribution in [2.45, 2.75) is 4.90 Å². The molecular weight excluding hydrogens is 205 g/mol. The van der Waals surface area contributed by atoms with Crippen molar-refractivity contribution in [3.63, 3.8) is 0 Å². The van der Waals surface area contributed by atoms with Gasteiger partial charge < -0.3 is 0 Å². The van der Waals surface area contributed by atoms with Gasteiger partial charge in [0.15, 0.2) is 5.13 Å². The summed E-state index contributed by atoms with van der Waals surface area (Å²) < 4.78 is 13.9. The van der Waals surface area contributed by atoms with Crippen LogP contribution in [0.5, 0.6) is 0 Å². The van der Waals surface area contributed by atoms with Gasteiger partial charge in [-0.25, -0.2) is 0 Å². The Kier molecular flexibility index (Phi) is 1.98. The third kappa shape index (κ3) is 1.30. The first kappa shape index (κ1) is 8.54. The van der Waals surface area contributed by atoms with Gasteiger partial charge in [0.25, 0.3) is 0 Å². The summed E-state index contributed by atoms with van der Waals surface area (Å²) in [6.07, 6.45) is 0. The summed E-state index contributed by atoms with van der Waals surface area (Å²) in [5.41, 5.74) is 0.133. The molecule has 0 radical (unpaired) electrons. The van der Waals surface area contributed by atoms with Gasteiger partial charge in [-0.2, -0.15) is 9.65 Å². The second kappa shape index (κ2) is 3.02. The van der Waals surface area contributed by atoms with Crippen LogP contribution in [0.25, 0.3) is 10.1 Å². The van der Waals surface area contributed by atoms with Gasteiger partial charge in [-0.1, -0.05) is 6.07 Å². The number of thiol groups is 1. The maximum Gasteiger partial charge on any atom is 0.195 e. The highest BCUT2D eigenvalue weighted by atomic mass is 32.1. The highest BCUT2D eigenvalue weighted by Gasteiger charge is 2.10. The van der Waals surface area contributed by atoms with Crippen molar-refractivity contribution in [1.29, 1.82) is 5.26 Å². The predicted octanol–water partition coefficient (Wildman–Crippen LogP) is 3.20. The quantitative estimate of drug-likeness (QED) is 0.662. The van der Waals surface area contributed by atoms with Gasteiger partial charge in [0.1, 0.15) is 11.6 Å². The highest BCUT2D eigenvalue weighted by Crippen LogP contribution is 2.30. The van der Waals surface area contributed by atoms with Crippen molar-refractivity contribution in [2.75, 3.05) is 0 Å². The number of benzene rings is 1. The number of thiophene rings is 1. The molecule has 1 aromatic heterocycles. The van der Waals surface area contributed by atoms with Crippen LogP contribution in [-0.4, -0.2) is 0 Å². The summed E-state index contributed by atoms with van der Waals surface area (Å²) in [4.78, 5) is 0.776. The summed E-state index contributed by atoms with van der Waals surface area (Å²) in [5, 5.41) is 8.92. The molecule has 0 unspecified atom stereocenters. The Labute approximate surface area is 83.8 Å². The zero-order valence-corrected chi connectivity index (χ0v) is 8.12. The molecule has 64 valence electrons. The lowest BCUT2D eigenvalue weighted by Crippen LogP contribution is -1.73. The molecule has 2 aromatic rings. The molecule has 0 amide bonds. The normalized spacial score (nSPS) is 10.2. The van der Waals surface area contributed by atoms with Gasteiger partial charge in [-0.15, -0.1) is 24.0 Å². The zero-order valence-electron chi connectivity index (χ0n) is 6.41. The largest absolute Gasteiger partial charge is 0.195 e. The predicted molar refractivity (Wildman–Crippen MR) is 53.8 cm³/mol. The minimum absolute atomic E-state index is 0.133. The van der Waals surface area contributed by atoms with Crippen LogP contribution in [-0.2, 0) is 0 Å². The van der Waals surface area contributed by atoms with Crippen LogP contribution in [0.1, 0.15) is 5.56 Å². The van der Waals surface area contributed by atoms with E-state index in [0.717, 1.165) is 20.9 Å². The number of nitriles is 1. The molecule has 1 heterocycles. The van der Waals surface area contributed by atoms with Crippen molar-refractivity contribution in [1.82, 2.24) is 0 Å². The molecule has 13 heavy (non-hydrogen) atoms. The molecule has 2 rings (SSSR count). The number of fused-ring (bicyclic) bond motifs is 1. The first-order valence-electron chi connectivity index (χ1n) is 3.53. The number of halogens is 1. The molecular formula is C9H4FNS2. The maximum absolute atomic E-state index is 13.1. The molecule has 0 saturated carbocycles. The van der Waals surface area contributed by atoms with E-state index in [9.17, 15) is 4.39 Å². The molecule has 0 atom stereocenters. The summed E-state index contributed by atoms with van der Waals surface area (Å²) in [6.45, 7) is 0. The molecule has 0 aliphatic rings. The smallest absolute Gasteiger partial charge is 0.194 e. The van der Waals surface area contributed by atoms with Crippen molar-refractivity contribution in [3.05, 3.63) is 28.9 Å². The average Bonchev–Trinajstić information content (AvgIpc) is 2.39. The summed E-state index contributed by atoms with van der Waals surface area (Å²) in [6, 6.07) is 7.07. The molecule has 0 bridgehead atoms. The fraction of sp³-hybridized carbons (Fsp3) is 0. The minimum atomic E-state index is -0.420. The highest BCUT2D eigenvalue weighted by molar-refractivity contribution is 7.80. The van der Waals surface area contributed by atoms with Crippen molar-refractivity contribution >= 4 is 34.1 Å². The lowest BCUT2D eigenvalue weighted by Gasteiger charge is -1.90. The van der Waals surface area contributed by atoms with Crippen LogP contribution in [0.2, 0.25) is 0 Å². The summed E-state index contributed by atoms with van der Waals surface area (Å²) >= 11 is 5.11. The van der Waals surface area contributed by atoms with Crippen LogP contribution in [0, 0.1) is 16.5 Å². The Morgan fingerprint density at radius 2 is 2.23 bits per heavy atom. The van der Waals surface area contributed by atoms with Crippen LogP contribution >= 0.6 is 24.0 Å². The van der Waals surface area contributed by atoms with Crippen LogP contribution in [0.15, 0.2) is 23.1 Å². The van der Waals surface area contributed by atoms with Crippen molar-refractivity contribution in [3.8, 4) is 6.07 Å². The van der Waals surface area contributed by atoms with Gasteiger partial charge >= 0.3 is 0 Å². The number of nitrogens with zero attached hydrogens (tertiary/aromatic N) is 1. The Morgan fingerprint density at radius 1 is 1.46 bits per heavy atom. The van der Waals surface area contributed by atoms with E-state index < -0.39 is 5.13 Å². The third-order valence-electron chi connectivity index (χ3n) is 1.74. The maximum atomic E-state index is 13.1. The molecule has 4 heteroatoms. The van der Waals surface area contributed by atoms with Crippen molar-refractivity contribution in [2.24, 2.45) is 0 Å². The van der Waals surface area contributed by atoms with Gasteiger partial charge in [0.2, 0.25) is 0 Å². The SMILES string of the molecule is N#Cc1c(F)sc2cc(S)ccc12. The van der Waals surface area contributed by atoms with Crippen LogP contribution in [0.3, 0.4) is 0 Å². The van der Waals surface area contributed by atoms with E-state index in [1.54, 1.807) is 18.2 Å². The average molecular weight is 209 g/mol. The molecule has 0 aliphatic heterocycles. The topological polar surface area (TPSA) is 23.8 Å². The van der Waals surface area contributed by atoms with Crippen LogP contribution in [0.4, 0.5) is 4.39 Å². The van der Waals surface area contributed by atoms with Gasteiger partial charge in [0, 0.05) is 15.0 Å². The summed E-state index contributed by atoms with van der Waals surface area (Å²) in [7, 11) is 0. The fourth-order valence-electron chi connectivity index (χ4n) is 1.16. The Bertz CT molecular complexity index is 510. The monoisotopic (exact) mass is 209 g/mol. The number of hydrogen-bond acceptors (Lipinski definition) is 3. The first-order valence-corrected chi connectivity index (χ1v) is 4.80. The first-order chi connectivity index (χ1) is 6.22. The zero-order chi connectivity index (χ0) is 9.42. The molecule has 0 aliphatic carbocycles. The van der Waals surface area contributed by atoms with E-state index in [2.05, 4.69) is 12.6 Å². The Morgan fingerprint density at radius 3 is 2.92 bits per heavy atom. The van der Waals surface area contributed by atoms with E-state index >= 15 is 0 Å². The fourth-order valence-corrected chi connectivity index (χ4v) is 2.37. The molecule has 0 N–H and O–H groups in total. The second-order valence-corrected chi connectivity index (χ2v) is 4.06. The Hall–Kier alpha value is -1.05. The molecule has 0 fully saturated rings. The van der Waals surface area contributed by atoms with E-state index in [0.29, 0.717) is 5.39 Å². The Balaban J connectivity index is 2.88.